The van der Waals surface area contributed by atoms with Crippen molar-refractivity contribution < 1.29 is 5.11 Å². The molecule has 0 amide bonds. The Kier molecular flexibility index (Phi) is 2.36. The first-order valence-corrected chi connectivity index (χ1v) is 5.48. The molecule has 0 saturated heterocycles. The molecule has 1 aromatic heterocycles. The molecule has 13 heavy (non-hydrogen) atoms. The summed E-state index contributed by atoms with van der Waals surface area (Å²) in [6.45, 7) is 2.08. The van der Waals surface area contributed by atoms with Gasteiger partial charge in [-0.15, -0.1) is 11.3 Å². The summed E-state index contributed by atoms with van der Waals surface area (Å²) in [5, 5.41) is 9.06. The summed E-state index contributed by atoms with van der Waals surface area (Å²) in [5.41, 5.74) is 3.06. The summed E-state index contributed by atoms with van der Waals surface area (Å²) in [4.78, 5) is 4.30. The van der Waals surface area contributed by atoms with Crippen LogP contribution in [-0.4, -0.2) is 10.1 Å². The molecule has 0 fully saturated rings. The van der Waals surface area contributed by atoms with Gasteiger partial charge in [-0.05, 0) is 46.1 Å². The van der Waals surface area contributed by atoms with Gasteiger partial charge in [0.25, 0.3) is 0 Å². The Morgan fingerprint density at radius 1 is 1.54 bits per heavy atom. The van der Waals surface area contributed by atoms with E-state index in [1.54, 1.807) is 11.3 Å². The summed E-state index contributed by atoms with van der Waals surface area (Å²) >= 11 is 4.93. The highest BCUT2D eigenvalue weighted by Gasteiger charge is 2.04. The molecule has 1 N–H and O–H groups in total. The van der Waals surface area contributed by atoms with Crippen molar-refractivity contribution in [3.8, 4) is 0 Å². The number of nitrogens with zero attached hydrogens (tertiary/aromatic N) is 1. The van der Waals surface area contributed by atoms with E-state index in [2.05, 4.69) is 20.9 Å². The molecule has 0 aliphatic heterocycles. The molecule has 0 saturated carbocycles. The fourth-order valence-electron chi connectivity index (χ4n) is 1.26. The molecule has 1 aromatic carbocycles. The molecule has 68 valence electrons. The molecule has 0 bridgehead atoms. The van der Waals surface area contributed by atoms with E-state index in [9.17, 15) is 0 Å². The third-order valence-electron chi connectivity index (χ3n) is 1.99. The van der Waals surface area contributed by atoms with Crippen LogP contribution in [0.2, 0.25) is 0 Å². The highest BCUT2D eigenvalue weighted by atomic mass is 79.9. The van der Waals surface area contributed by atoms with Gasteiger partial charge in [-0.3, -0.25) is 0 Å². The standard InChI is InChI=1S/C9H8BrNOS/c1-5-2-7-8(3-6(5)4-12)13-9(10)11-7/h2-3,12H,4H2,1H3. The molecule has 0 atom stereocenters. The second-order valence-electron chi connectivity index (χ2n) is 2.87. The number of aryl methyl sites for hydroxylation is 1. The number of aliphatic hydroxyl groups is 1. The van der Waals surface area contributed by atoms with Gasteiger partial charge in [-0.25, -0.2) is 4.98 Å². The van der Waals surface area contributed by atoms with E-state index in [-0.39, 0.29) is 6.61 Å². The van der Waals surface area contributed by atoms with E-state index in [4.69, 9.17) is 5.11 Å². The van der Waals surface area contributed by atoms with Crippen LogP contribution in [-0.2, 0) is 6.61 Å². The molecule has 0 aliphatic rings. The Bertz CT molecular complexity index is 452. The van der Waals surface area contributed by atoms with Crippen molar-refractivity contribution in [2.75, 3.05) is 0 Å². The molecule has 0 spiro atoms. The van der Waals surface area contributed by atoms with Gasteiger partial charge in [0.15, 0.2) is 3.92 Å². The summed E-state index contributed by atoms with van der Waals surface area (Å²) in [6.07, 6.45) is 0. The first kappa shape index (κ1) is 9.12. The average molecular weight is 258 g/mol. The minimum absolute atomic E-state index is 0.0945. The number of hydrogen-bond acceptors (Lipinski definition) is 3. The maximum atomic E-state index is 9.06. The first-order chi connectivity index (χ1) is 6.20. The topological polar surface area (TPSA) is 33.1 Å². The van der Waals surface area contributed by atoms with Gasteiger partial charge in [0.2, 0.25) is 0 Å². The predicted octanol–water partition coefficient (Wildman–Crippen LogP) is 2.86. The Morgan fingerprint density at radius 2 is 2.31 bits per heavy atom. The van der Waals surface area contributed by atoms with Gasteiger partial charge >= 0.3 is 0 Å². The summed E-state index contributed by atoms with van der Waals surface area (Å²) in [6, 6.07) is 4.00. The SMILES string of the molecule is Cc1cc2nc(Br)sc2cc1CO. The minimum atomic E-state index is 0.0945. The first-order valence-electron chi connectivity index (χ1n) is 3.87. The van der Waals surface area contributed by atoms with Crippen molar-refractivity contribution in [3.05, 3.63) is 27.2 Å². The van der Waals surface area contributed by atoms with Crippen molar-refractivity contribution in [2.45, 2.75) is 13.5 Å². The second-order valence-corrected chi connectivity index (χ2v) is 5.18. The molecule has 0 unspecified atom stereocenters. The highest BCUT2D eigenvalue weighted by Crippen LogP contribution is 2.28. The number of thiazole rings is 1. The molecule has 2 aromatic rings. The third-order valence-corrected chi connectivity index (χ3v) is 3.46. The van der Waals surface area contributed by atoms with Crippen LogP contribution in [0.1, 0.15) is 11.1 Å². The number of halogens is 1. The Labute approximate surface area is 88.4 Å². The van der Waals surface area contributed by atoms with Crippen molar-refractivity contribution in [3.63, 3.8) is 0 Å². The van der Waals surface area contributed by atoms with Gasteiger partial charge in [0, 0.05) is 0 Å². The Morgan fingerprint density at radius 3 is 3.00 bits per heavy atom. The van der Waals surface area contributed by atoms with Crippen molar-refractivity contribution in [1.29, 1.82) is 0 Å². The van der Waals surface area contributed by atoms with Crippen molar-refractivity contribution in [2.24, 2.45) is 0 Å². The molecular formula is C9H8BrNOS. The van der Waals surface area contributed by atoms with E-state index in [1.807, 2.05) is 19.1 Å². The van der Waals surface area contributed by atoms with Crippen LogP contribution < -0.4 is 0 Å². The fraction of sp³-hybridized carbons (Fsp3) is 0.222. The minimum Gasteiger partial charge on any atom is -0.392 e. The zero-order chi connectivity index (χ0) is 9.42. The molecular weight excluding hydrogens is 250 g/mol. The molecule has 0 aliphatic carbocycles. The maximum absolute atomic E-state index is 9.06. The largest absolute Gasteiger partial charge is 0.392 e. The van der Waals surface area contributed by atoms with E-state index in [0.717, 1.165) is 25.3 Å². The van der Waals surface area contributed by atoms with Gasteiger partial charge in [0.05, 0.1) is 16.8 Å². The number of aliphatic hydroxyl groups excluding tert-OH is 1. The van der Waals surface area contributed by atoms with Gasteiger partial charge in [-0.2, -0.15) is 0 Å². The fourth-order valence-corrected chi connectivity index (χ4v) is 2.71. The van der Waals surface area contributed by atoms with Crippen LogP contribution in [0.3, 0.4) is 0 Å². The number of fused-ring (bicyclic) bond motifs is 1. The Hall–Kier alpha value is -0.450. The zero-order valence-electron chi connectivity index (χ0n) is 7.04. The van der Waals surface area contributed by atoms with Crippen LogP contribution in [0.4, 0.5) is 0 Å². The lowest BCUT2D eigenvalue weighted by molar-refractivity contribution is 0.281. The van der Waals surface area contributed by atoms with Crippen LogP contribution >= 0.6 is 27.3 Å². The average Bonchev–Trinajstić information content (AvgIpc) is 2.42. The number of benzene rings is 1. The van der Waals surface area contributed by atoms with E-state index >= 15 is 0 Å². The number of hydrogen-bond donors (Lipinski definition) is 1. The molecule has 1 heterocycles. The van der Waals surface area contributed by atoms with Gasteiger partial charge in [-0.1, -0.05) is 0 Å². The van der Waals surface area contributed by atoms with E-state index in [1.165, 1.54) is 0 Å². The lowest BCUT2D eigenvalue weighted by Gasteiger charge is -2.00. The lowest BCUT2D eigenvalue weighted by Crippen LogP contribution is -1.87. The van der Waals surface area contributed by atoms with Gasteiger partial charge < -0.3 is 5.11 Å². The summed E-state index contributed by atoms with van der Waals surface area (Å²) in [5.74, 6) is 0. The van der Waals surface area contributed by atoms with Crippen LogP contribution in [0.5, 0.6) is 0 Å². The van der Waals surface area contributed by atoms with Crippen LogP contribution in [0, 0.1) is 6.92 Å². The maximum Gasteiger partial charge on any atom is 0.160 e. The monoisotopic (exact) mass is 257 g/mol. The van der Waals surface area contributed by atoms with E-state index in [0.29, 0.717) is 0 Å². The molecule has 2 rings (SSSR count). The summed E-state index contributed by atoms with van der Waals surface area (Å²) < 4.78 is 2.00. The normalized spacial score (nSPS) is 11.0. The molecule has 2 nitrogen and oxygen atoms in total. The van der Waals surface area contributed by atoms with Crippen molar-refractivity contribution >= 4 is 37.5 Å². The highest BCUT2D eigenvalue weighted by molar-refractivity contribution is 9.11. The number of aromatic nitrogens is 1. The van der Waals surface area contributed by atoms with E-state index < -0.39 is 0 Å². The molecule has 4 heteroatoms. The van der Waals surface area contributed by atoms with Crippen LogP contribution in [0.15, 0.2) is 16.0 Å². The molecule has 0 radical (unpaired) electrons. The zero-order valence-corrected chi connectivity index (χ0v) is 9.44. The number of rotatable bonds is 1. The van der Waals surface area contributed by atoms with Crippen LogP contribution in [0.25, 0.3) is 10.2 Å². The third kappa shape index (κ3) is 1.61. The lowest BCUT2D eigenvalue weighted by atomic mass is 10.1. The Balaban J connectivity index is 2.72. The smallest absolute Gasteiger partial charge is 0.160 e. The quantitative estimate of drug-likeness (QED) is 0.853. The van der Waals surface area contributed by atoms with Crippen molar-refractivity contribution in [1.82, 2.24) is 4.98 Å². The van der Waals surface area contributed by atoms with Gasteiger partial charge in [0.1, 0.15) is 0 Å². The second kappa shape index (κ2) is 3.36. The predicted molar refractivity (Wildman–Crippen MR) is 58.0 cm³/mol. The summed E-state index contributed by atoms with van der Waals surface area (Å²) in [7, 11) is 0.